The monoisotopic (exact) mass is 337 g/mol. The van der Waals surface area contributed by atoms with Gasteiger partial charge in [-0.1, -0.05) is 12.1 Å². The minimum Gasteiger partial charge on any atom is -0.474 e. The molecular formula is C15H16FN3O3S. The van der Waals surface area contributed by atoms with Crippen molar-refractivity contribution in [1.29, 1.82) is 0 Å². The molecule has 1 fully saturated rings. The van der Waals surface area contributed by atoms with E-state index in [2.05, 4.69) is 9.97 Å². The van der Waals surface area contributed by atoms with Crippen molar-refractivity contribution in [2.45, 2.75) is 23.8 Å². The van der Waals surface area contributed by atoms with Gasteiger partial charge in [-0.15, -0.1) is 0 Å². The van der Waals surface area contributed by atoms with Crippen LogP contribution in [-0.4, -0.2) is 41.9 Å². The van der Waals surface area contributed by atoms with Crippen LogP contribution >= 0.6 is 0 Å². The van der Waals surface area contributed by atoms with E-state index in [-0.39, 0.29) is 24.1 Å². The first-order valence-corrected chi connectivity index (χ1v) is 8.69. The van der Waals surface area contributed by atoms with Gasteiger partial charge in [-0.3, -0.25) is 0 Å². The molecule has 2 heterocycles. The third-order valence-electron chi connectivity index (χ3n) is 3.70. The summed E-state index contributed by atoms with van der Waals surface area (Å²) in [6.45, 7) is 0.568. The van der Waals surface area contributed by atoms with Crippen LogP contribution in [0.25, 0.3) is 0 Å². The van der Waals surface area contributed by atoms with E-state index in [1.54, 1.807) is 12.3 Å². The van der Waals surface area contributed by atoms with Crippen molar-refractivity contribution in [1.82, 2.24) is 14.3 Å². The van der Waals surface area contributed by atoms with Gasteiger partial charge in [0.05, 0.1) is 0 Å². The van der Waals surface area contributed by atoms with E-state index in [1.807, 2.05) is 0 Å². The predicted molar refractivity (Wildman–Crippen MR) is 80.8 cm³/mol. The lowest BCUT2D eigenvalue weighted by molar-refractivity contribution is 0.129. The summed E-state index contributed by atoms with van der Waals surface area (Å²) in [7, 11) is -3.81. The van der Waals surface area contributed by atoms with Crippen LogP contribution in [0, 0.1) is 5.82 Å². The Balaban J connectivity index is 1.66. The van der Waals surface area contributed by atoms with Gasteiger partial charge in [-0.2, -0.15) is 4.31 Å². The number of ether oxygens (including phenoxy) is 1. The van der Waals surface area contributed by atoms with Gasteiger partial charge in [-0.25, -0.2) is 22.8 Å². The first-order chi connectivity index (χ1) is 11.1. The molecule has 1 saturated heterocycles. The Morgan fingerprint density at radius 2 is 1.91 bits per heavy atom. The van der Waals surface area contributed by atoms with Gasteiger partial charge in [0.15, 0.2) is 0 Å². The molecule has 8 heteroatoms. The van der Waals surface area contributed by atoms with Crippen LogP contribution in [0.3, 0.4) is 0 Å². The van der Waals surface area contributed by atoms with E-state index in [4.69, 9.17) is 4.74 Å². The standard InChI is InChI=1S/C15H16FN3O3S/c16-13-3-1-2-4-14(13)23(20,21)19-9-6-12(7-10-19)22-15-5-8-17-11-18-15/h1-5,8,11-12H,6-7,9-10H2. The van der Waals surface area contributed by atoms with E-state index >= 15 is 0 Å². The molecule has 1 aromatic heterocycles. The molecule has 1 aromatic carbocycles. The topological polar surface area (TPSA) is 72.4 Å². The molecule has 0 saturated carbocycles. The Morgan fingerprint density at radius 3 is 2.57 bits per heavy atom. The summed E-state index contributed by atoms with van der Waals surface area (Å²) in [5.74, 6) is -0.262. The van der Waals surface area contributed by atoms with E-state index in [9.17, 15) is 12.8 Å². The maximum Gasteiger partial charge on any atom is 0.245 e. The Hall–Kier alpha value is -2.06. The third-order valence-corrected chi connectivity index (χ3v) is 5.63. The highest BCUT2D eigenvalue weighted by molar-refractivity contribution is 7.89. The Morgan fingerprint density at radius 1 is 1.17 bits per heavy atom. The van der Waals surface area contributed by atoms with Gasteiger partial charge >= 0.3 is 0 Å². The van der Waals surface area contributed by atoms with Crippen molar-refractivity contribution in [3.8, 4) is 5.88 Å². The lowest BCUT2D eigenvalue weighted by atomic mass is 10.1. The van der Waals surface area contributed by atoms with Crippen molar-refractivity contribution in [2.24, 2.45) is 0 Å². The second kappa shape index (κ2) is 6.59. The zero-order chi connectivity index (χ0) is 16.3. The summed E-state index contributed by atoms with van der Waals surface area (Å²) in [5, 5.41) is 0. The molecule has 0 N–H and O–H groups in total. The smallest absolute Gasteiger partial charge is 0.245 e. The molecule has 0 radical (unpaired) electrons. The number of benzene rings is 1. The molecule has 0 bridgehead atoms. The molecule has 1 aliphatic heterocycles. The van der Waals surface area contributed by atoms with Crippen molar-refractivity contribution in [3.63, 3.8) is 0 Å². The van der Waals surface area contributed by atoms with E-state index in [1.165, 1.54) is 28.8 Å². The highest BCUT2D eigenvalue weighted by Gasteiger charge is 2.31. The SMILES string of the molecule is O=S(=O)(c1ccccc1F)N1CCC(Oc2ccncn2)CC1. The molecular weight excluding hydrogens is 321 g/mol. The molecule has 122 valence electrons. The van der Waals surface area contributed by atoms with Gasteiger partial charge in [0, 0.05) is 25.4 Å². The first-order valence-electron chi connectivity index (χ1n) is 7.25. The minimum atomic E-state index is -3.81. The molecule has 0 amide bonds. The van der Waals surface area contributed by atoms with E-state index in [0.717, 1.165) is 6.07 Å². The van der Waals surface area contributed by atoms with Crippen molar-refractivity contribution < 1.29 is 17.5 Å². The van der Waals surface area contributed by atoms with Crippen LogP contribution in [0.1, 0.15) is 12.8 Å². The largest absolute Gasteiger partial charge is 0.474 e. The predicted octanol–water partition coefficient (Wildman–Crippen LogP) is 1.85. The van der Waals surface area contributed by atoms with Crippen LogP contribution in [0.15, 0.2) is 47.8 Å². The van der Waals surface area contributed by atoms with Crippen molar-refractivity contribution in [2.75, 3.05) is 13.1 Å². The quantitative estimate of drug-likeness (QED) is 0.851. The molecule has 0 unspecified atom stereocenters. The summed E-state index contributed by atoms with van der Waals surface area (Å²) in [6, 6.07) is 7.07. The molecule has 6 nitrogen and oxygen atoms in total. The van der Waals surface area contributed by atoms with Crippen molar-refractivity contribution in [3.05, 3.63) is 48.7 Å². The maximum absolute atomic E-state index is 13.8. The summed E-state index contributed by atoms with van der Waals surface area (Å²) < 4.78 is 45.8. The normalized spacial score (nSPS) is 17.1. The molecule has 0 aliphatic carbocycles. The highest BCUT2D eigenvalue weighted by atomic mass is 32.2. The fraction of sp³-hybridized carbons (Fsp3) is 0.333. The fourth-order valence-corrected chi connectivity index (χ4v) is 4.04. The maximum atomic E-state index is 13.8. The third kappa shape index (κ3) is 3.48. The summed E-state index contributed by atoms with van der Waals surface area (Å²) in [5.41, 5.74) is 0. The lowest BCUT2D eigenvalue weighted by Crippen LogP contribution is -2.42. The van der Waals surface area contributed by atoms with Gasteiger partial charge in [0.2, 0.25) is 15.9 Å². The van der Waals surface area contributed by atoms with Crippen LogP contribution < -0.4 is 4.74 Å². The number of rotatable bonds is 4. The molecule has 1 aliphatic rings. The zero-order valence-corrected chi connectivity index (χ0v) is 13.1. The second-order valence-corrected chi connectivity index (χ2v) is 7.11. The molecule has 3 rings (SSSR count). The Kier molecular flexibility index (Phi) is 4.53. The number of piperidine rings is 1. The highest BCUT2D eigenvalue weighted by Crippen LogP contribution is 2.24. The van der Waals surface area contributed by atoms with E-state index < -0.39 is 15.8 Å². The summed E-state index contributed by atoms with van der Waals surface area (Å²) in [6.07, 6.45) is 3.92. The number of sulfonamides is 1. The average Bonchev–Trinajstić information content (AvgIpc) is 2.56. The number of hydrogen-bond acceptors (Lipinski definition) is 5. The molecule has 23 heavy (non-hydrogen) atoms. The van der Waals surface area contributed by atoms with Gasteiger partial charge in [0.1, 0.15) is 23.1 Å². The van der Waals surface area contributed by atoms with Gasteiger partial charge in [-0.05, 0) is 25.0 Å². The summed E-state index contributed by atoms with van der Waals surface area (Å²) in [4.78, 5) is 7.51. The average molecular weight is 337 g/mol. The molecule has 0 atom stereocenters. The zero-order valence-electron chi connectivity index (χ0n) is 12.3. The van der Waals surface area contributed by atoms with E-state index in [0.29, 0.717) is 18.7 Å². The Bertz CT molecular complexity index is 763. The fourth-order valence-electron chi connectivity index (χ4n) is 2.50. The van der Waals surface area contributed by atoms with Gasteiger partial charge < -0.3 is 4.74 Å². The molecule has 2 aromatic rings. The lowest BCUT2D eigenvalue weighted by Gasteiger charge is -2.31. The first kappa shape index (κ1) is 15.8. The van der Waals surface area contributed by atoms with Crippen LogP contribution in [0.5, 0.6) is 5.88 Å². The molecule has 0 spiro atoms. The Labute approximate surface area is 134 Å². The van der Waals surface area contributed by atoms with Gasteiger partial charge in [0.25, 0.3) is 0 Å². The minimum absolute atomic E-state index is 0.114. The number of hydrogen-bond donors (Lipinski definition) is 0. The number of halogens is 1. The van der Waals surface area contributed by atoms with Crippen LogP contribution in [-0.2, 0) is 10.0 Å². The number of nitrogens with zero attached hydrogens (tertiary/aromatic N) is 3. The van der Waals surface area contributed by atoms with Crippen LogP contribution in [0.2, 0.25) is 0 Å². The summed E-state index contributed by atoms with van der Waals surface area (Å²) >= 11 is 0. The number of aromatic nitrogens is 2. The van der Waals surface area contributed by atoms with Crippen molar-refractivity contribution >= 4 is 10.0 Å². The van der Waals surface area contributed by atoms with Crippen LogP contribution in [0.4, 0.5) is 4.39 Å². The second-order valence-electron chi connectivity index (χ2n) is 5.20.